The Morgan fingerprint density at radius 3 is 2.00 bits per heavy atom. The molecule has 3 rings (SSSR count). The normalized spacial score (nSPS) is 16.6. The number of nitrogens with zero attached hydrogens (tertiary/aromatic N) is 1. The second-order valence-electron chi connectivity index (χ2n) is 9.26. The Balaban J connectivity index is 1.79. The molecule has 1 saturated carbocycles. The average Bonchev–Trinajstić information content (AvgIpc) is 3.55. The predicted molar refractivity (Wildman–Crippen MR) is 126 cm³/mol. The van der Waals surface area contributed by atoms with Crippen molar-refractivity contribution in [3.8, 4) is 17.2 Å². The van der Waals surface area contributed by atoms with Crippen LogP contribution in [-0.4, -0.2) is 38.6 Å². The molecular weight excluding hydrogens is 460 g/mol. The van der Waals surface area contributed by atoms with E-state index in [-0.39, 0.29) is 10.8 Å². The molecule has 0 spiro atoms. The fourth-order valence-electron chi connectivity index (χ4n) is 3.74. The van der Waals surface area contributed by atoms with Crippen molar-refractivity contribution in [3.05, 3.63) is 54.1 Å². The number of sulfone groups is 1. The molecule has 0 saturated heterocycles. The van der Waals surface area contributed by atoms with Crippen LogP contribution in [0.4, 0.5) is 8.78 Å². The smallest absolute Gasteiger partial charge is 0.257 e. The van der Waals surface area contributed by atoms with Gasteiger partial charge in [0, 0.05) is 6.26 Å². The Hall–Kier alpha value is -2.83. The maximum absolute atomic E-state index is 14.0. The van der Waals surface area contributed by atoms with Crippen LogP contribution in [0.3, 0.4) is 0 Å². The molecule has 9 heteroatoms. The van der Waals surface area contributed by atoms with E-state index in [1.807, 2.05) is 13.8 Å². The molecule has 6 nitrogen and oxygen atoms in total. The molecule has 0 heterocycles. The summed E-state index contributed by atoms with van der Waals surface area (Å²) in [5.41, 5.74) is 0.957. The van der Waals surface area contributed by atoms with E-state index in [0.717, 1.165) is 17.4 Å². The number of hydrogen-bond acceptors (Lipinski definition) is 5. The quantitative estimate of drug-likeness (QED) is 0.520. The van der Waals surface area contributed by atoms with Crippen LogP contribution in [-0.2, 0) is 14.6 Å². The number of hydrogen-bond donors (Lipinski definition) is 2. The summed E-state index contributed by atoms with van der Waals surface area (Å²) in [6.07, 6.45) is -0.149. The molecule has 34 heavy (non-hydrogen) atoms. The van der Waals surface area contributed by atoms with Gasteiger partial charge < -0.3 is 5.32 Å². The molecule has 0 radical (unpaired) electrons. The monoisotopic (exact) mass is 489 g/mol. The van der Waals surface area contributed by atoms with Gasteiger partial charge >= 0.3 is 0 Å². The van der Waals surface area contributed by atoms with E-state index < -0.39 is 39.8 Å². The van der Waals surface area contributed by atoms with Gasteiger partial charge in [-0.25, -0.2) is 17.2 Å². The Morgan fingerprint density at radius 1 is 1.06 bits per heavy atom. The summed E-state index contributed by atoms with van der Waals surface area (Å²) in [6, 6.07) is 12.7. The summed E-state index contributed by atoms with van der Waals surface area (Å²) >= 11 is 0. The number of alkyl halides is 2. The highest BCUT2D eigenvalue weighted by molar-refractivity contribution is 7.90. The Kier molecular flexibility index (Phi) is 7.74. The van der Waals surface area contributed by atoms with Gasteiger partial charge in [0.15, 0.2) is 9.84 Å². The summed E-state index contributed by atoms with van der Waals surface area (Å²) in [7, 11) is -3.31. The van der Waals surface area contributed by atoms with E-state index in [1.54, 1.807) is 36.4 Å². The predicted octanol–water partition coefficient (Wildman–Crippen LogP) is 4.24. The summed E-state index contributed by atoms with van der Waals surface area (Å²) in [6.45, 7) is 3.81. The molecule has 2 aromatic rings. The molecule has 2 aromatic carbocycles. The van der Waals surface area contributed by atoms with Crippen LogP contribution in [0.2, 0.25) is 0 Å². The molecule has 2 atom stereocenters. The minimum absolute atomic E-state index is 0.0797. The molecule has 1 aliphatic rings. The van der Waals surface area contributed by atoms with Crippen LogP contribution in [0, 0.1) is 17.2 Å². The first kappa shape index (κ1) is 25.8. The number of rotatable bonds is 10. The van der Waals surface area contributed by atoms with Crippen LogP contribution in [0.15, 0.2) is 53.4 Å². The molecule has 0 aromatic heterocycles. The van der Waals surface area contributed by atoms with Crippen LogP contribution in [0.1, 0.15) is 44.7 Å². The van der Waals surface area contributed by atoms with Crippen molar-refractivity contribution in [2.45, 2.75) is 62.1 Å². The van der Waals surface area contributed by atoms with Crippen LogP contribution < -0.4 is 10.6 Å². The van der Waals surface area contributed by atoms with Crippen molar-refractivity contribution in [2.75, 3.05) is 6.26 Å². The lowest BCUT2D eigenvalue weighted by atomic mass is 9.98. The van der Waals surface area contributed by atoms with E-state index in [4.69, 9.17) is 0 Å². The van der Waals surface area contributed by atoms with Crippen molar-refractivity contribution in [2.24, 2.45) is 5.92 Å². The standard InChI is InChI=1S/C25H29F2N3O3S/c1-16(2)14-21(24(31)30-25(15-28)12-13-25)29-22(23(26)27)19-6-4-17(5-7-19)18-8-10-20(11-9-18)34(3,32)33/h4-11,16,21-23,29H,12-14H2,1-3H3,(H,30,31)/t21-,22-/m0/s1. The third-order valence-electron chi connectivity index (χ3n) is 5.87. The summed E-state index contributed by atoms with van der Waals surface area (Å²) < 4.78 is 51.4. The molecule has 1 fully saturated rings. The molecular formula is C25H29F2N3O3S. The lowest BCUT2D eigenvalue weighted by Gasteiger charge is -2.27. The number of halogens is 2. The lowest BCUT2D eigenvalue weighted by Crippen LogP contribution is -2.51. The summed E-state index contributed by atoms with van der Waals surface area (Å²) in [5, 5.41) is 14.8. The number of carbonyl (C=O) groups excluding carboxylic acids is 1. The zero-order valence-corrected chi connectivity index (χ0v) is 20.2. The maximum Gasteiger partial charge on any atom is 0.257 e. The third-order valence-corrected chi connectivity index (χ3v) is 7.00. The molecule has 1 amide bonds. The largest absolute Gasteiger partial charge is 0.336 e. The Morgan fingerprint density at radius 2 is 1.59 bits per heavy atom. The molecule has 1 aliphatic carbocycles. The highest BCUT2D eigenvalue weighted by Crippen LogP contribution is 2.34. The Bertz CT molecular complexity index is 1150. The second-order valence-corrected chi connectivity index (χ2v) is 11.3. The second kappa shape index (κ2) is 10.2. The summed E-state index contributed by atoms with van der Waals surface area (Å²) in [4.78, 5) is 13.0. The minimum atomic E-state index is -3.31. The zero-order chi connectivity index (χ0) is 25.1. The third kappa shape index (κ3) is 6.39. The van der Waals surface area contributed by atoms with Crippen molar-refractivity contribution in [1.82, 2.24) is 10.6 Å². The fraction of sp³-hybridized carbons (Fsp3) is 0.440. The highest BCUT2D eigenvalue weighted by Gasteiger charge is 2.46. The minimum Gasteiger partial charge on any atom is -0.336 e. The van der Waals surface area contributed by atoms with Gasteiger partial charge in [0.25, 0.3) is 6.43 Å². The van der Waals surface area contributed by atoms with E-state index in [2.05, 4.69) is 16.7 Å². The van der Waals surface area contributed by atoms with E-state index >= 15 is 0 Å². The van der Waals surface area contributed by atoms with E-state index in [0.29, 0.717) is 24.8 Å². The van der Waals surface area contributed by atoms with Gasteiger partial charge in [-0.1, -0.05) is 50.2 Å². The van der Waals surface area contributed by atoms with Gasteiger partial charge in [0.2, 0.25) is 5.91 Å². The van der Waals surface area contributed by atoms with Crippen molar-refractivity contribution in [1.29, 1.82) is 5.26 Å². The fourth-order valence-corrected chi connectivity index (χ4v) is 4.37. The van der Waals surface area contributed by atoms with Gasteiger partial charge in [-0.15, -0.1) is 0 Å². The highest BCUT2D eigenvalue weighted by atomic mass is 32.2. The van der Waals surface area contributed by atoms with Crippen LogP contribution in [0.5, 0.6) is 0 Å². The van der Waals surface area contributed by atoms with Gasteiger partial charge in [0.05, 0.1) is 23.0 Å². The molecule has 2 N–H and O–H groups in total. The number of benzene rings is 2. The van der Waals surface area contributed by atoms with Gasteiger partial charge in [-0.2, -0.15) is 5.26 Å². The number of nitrogens with one attached hydrogen (secondary N) is 2. The van der Waals surface area contributed by atoms with Gasteiger partial charge in [0.1, 0.15) is 5.54 Å². The molecule has 0 bridgehead atoms. The van der Waals surface area contributed by atoms with Gasteiger partial charge in [-0.3, -0.25) is 10.1 Å². The zero-order valence-electron chi connectivity index (χ0n) is 19.4. The van der Waals surface area contributed by atoms with E-state index in [9.17, 15) is 27.3 Å². The number of nitriles is 1. The maximum atomic E-state index is 14.0. The van der Waals surface area contributed by atoms with Crippen molar-refractivity contribution in [3.63, 3.8) is 0 Å². The van der Waals surface area contributed by atoms with Crippen molar-refractivity contribution < 1.29 is 22.0 Å². The first-order valence-electron chi connectivity index (χ1n) is 11.1. The topological polar surface area (TPSA) is 99.1 Å². The first-order chi connectivity index (χ1) is 15.9. The first-order valence-corrected chi connectivity index (χ1v) is 13.0. The van der Waals surface area contributed by atoms with E-state index in [1.165, 1.54) is 12.1 Å². The number of amides is 1. The average molecular weight is 490 g/mol. The lowest BCUT2D eigenvalue weighted by molar-refractivity contribution is -0.124. The molecule has 0 aliphatic heterocycles. The van der Waals surface area contributed by atoms with Gasteiger partial charge in [-0.05, 0) is 54.0 Å². The SMILES string of the molecule is CC(C)C[C@H](N[C@@H](c1ccc(-c2ccc(S(C)(=O)=O)cc2)cc1)C(F)F)C(=O)NC1(C#N)CC1. The van der Waals surface area contributed by atoms with Crippen molar-refractivity contribution >= 4 is 15.7 Å². The molecule has 0 unspecified atom stereocenters. The molecule has 182 valence electrons. The van der Waals surface area contributed by atoms with Crippen LogP contribution >= 0.6 is 0 Å². The number of carbonyl (C=O) groups is 1. The van der Waals surface area contributed by atoms with Crippen LogP contribution in [0.25, 0.3) is 11.1 Å². The Labute approximate surface area is 199 Å². The summed E-state index contributed by atoms with van der Waals surface area (Å²) in [5.74, 6) is -0.364.